The fourth-order valence-corrected chi connectivity index (χ4v) is 3.51. The molecular weight excluding hydrogens is 375 g/mol. The summed E-state index contributed by atoms with van der Waals surface area (Å²) in [6.07, 6.45) is 3.82. The zero-order chi connectivity index (χ0) is 20.4. The van der Waals surface area contributed by atoms with Crippen LogP contribution in [0.3, 0.4) is 0 Å². The quantitative estimate of drug-likeness (QED) is 0.689. The van der Waals surface area contributed by atoms with E-state index in [2.05, 4.69) is 20.7 Å². The van der Waals surface area contributed by atoms with E-state index in [1.165, 1.54) is 12.1 Å². The van der Waals surface area contributed by atoms with Crippen molar-refractivity contribution in [2.75, 3.05) is 6.61 Å². The monoisotopic (exact) mass is 398 g/mol. The molecule has 2 aromatic heterocycles. The smallest absolute Gasteiger partial charge is 0.273 e. The van der Waals surface area contributed by atoms with E-state index in [0.29, 0.717) is 13.1 Å². The highest BCUT2D eigenvalue weighted by molar-refractivity contribution is 5.91. The lowest BCUT2D eigenvalue weighted by Crippen LogP contribution is -2.24. The Morgan fingerprint density at radius 1 is 1.31 bits per heavy atom. The number of amides is 1. The maximum Gasteiger partial charge on any atom is 0.273 e. The Morgan fingerprint density at radius 3 is 2.83 bits per heavy atom. The predicted molar refractivity (Wildman–Crippen MR) is 103 cm³/mol. The lowest BCUT2D eigenvalue weighted by molar-refractivity contribution is 0.0929. The van der Waals surface area contributed by atoms with E-state index in [0.717, 1.165) is 42.1 Å². The minimum Gasteiger partial charge on any atom is -0.376 e. The first-order valence-electron chi connectivity index (χ1n) is 9.62. The first kappa shape index (κ1) is 19.3. The second-order valence-corrected chi connectivity index (χ2v) is 7.18. The van der Waals surface area contributed by atoms with E-state index < -0.39 is 0 Å². The van der Waals surface area contributed by atoms with Crippen LogP contribution < -0.4 is 5.32 Å². The van der Waals surface area contributed by atoms with Gasteiger partial charge >= 0.3 is 0 Å². The second-order valence-electron chi connectivity index (χ2n) is 7.18. The molecule has 0 saturated carbocycles. The molecule has 1 aromatic carbocycles. The van der Waals surface area contributed by atoms with E-state index in [1.807, 2.05) is 13.8 Å². The van der Waals surface area contributed by atoms with Gasteiger partial charge in [-0.05, 0) is 51.0 Å². The lowest BCUT2D eigenvalue weighted by atomic mass is 10.2. The van der Waals surface area contributed by atoms with Crippen molar-refractivity contribution in [3.8, 4) is 5.69 Å². The molecule has 29 heavy (non-hydrogen) atoms. The molecule has 1 aliphatic heterocycles. The Balaban J connectivity index is 1.41. The maximum atomic E-state index is 13.2. The molecule has 9 heteroatoms. The number of nitrogens with one attached hydrogen (secondary N) is 1. The van der Waals surface area contributed by atoms with Gasteiger partial charge in [-0.2, -0.15) is 5.10 Å². The van der Waals surface area contributed by atoms with Crippen LogP contribution in [-0.4, -0.2) is 43.4 Å². The van der Waals surface area contributed by atoms with Crippen molar-refractivity contribution in [3.05, 3.63) is 58.9 Å². The summed E-state index contributed by atoms with van der Waals surface area (Å²) in [5, 5.41) is 15.4. The molecule has 1 saturated heterocycles. The molecule has 152 valence electrons. The van der Waals surface area contributed by atoms with Gasteiger partial charge in [-0.25, -0.2) is 13.8 Å². The van der Waals surface area contributed by atoms with Crippen LogP contribution in [-0.2, 0) is 17.8 Å². The molecule has 1 N–H and O–H groups in total. The van der Waals surface area contributed by atoms with E-state index in [9.17, 15) is 9.18 Å². The topological polar surface area (TPSA) is 86.9 Å². The third-order valence-electron chi connectivity index (χ3n) is 5.12. The summed E-state index contributed by atoms with van der Waals surface area (Å²) in [5.74, 6) is -0.591. The first-order valence-corrected chi connectivity index (χ1v) is 9.62. The highest BCUT2D eigenvalue weighted by Crippen LogP contribution is 2.18. The summed E-state index contributed by atoms with van der Waals surface area (Å²) in [6, 6.07) is 6.13. The van der Waals surface area contributed by atoms with Crippen molar-refractivity contribution >= 4 is 5.91 Å². The average molecular weight is 398 g/mol. The zero-order valence-electron chi connectivity index (χ0n) is 16.4. The molecule has 8 nitrogen and oxygen atoms in total. The lowest BCUT2D eigenvalue weighted by Gasteiger charge is -2.07. The van der Waals surface area contributed by atoms with Gasteiger partial charge in [-0.15, -0.1) is 5.10 Å². The highest BCUT2D eigenvalue weighted by Gasteiger charge is 2.19. The predicted octanol–water partition coefficient (Wildman–Crippen LogP) is 2.33. The van der Waals surface area contributed by atoms with Crippen LogP contribution in [0, 0.1) is 19.7 Å². The number of aromatic nitrogens is 5. The van der Waals surface area contributed by atoms with Crippen LogP contribution in [0.25, 0.3) is 5.69 Å². The standard InChI is InChI=1S/C20H23FN6O2/c1-13-18(14(2)27(24-13)16-7-5-15(21)6-8-16)10-22-20(28)19-12-26(25-23-19)11-17-4-3-9-29-17/h5-8,12,17H,3-4,9-11H2,1-2H3,(H,22,28)/t17-/m0/s1. The summed E-state index contributed by atoms with van der Waals surface area (Å²) in [4.78, 5) is 12.5. The SMILES string of the molecule is Cc1nn(-c2ccc(F)cc2)c(C)c1CNC(=O)c1cn(C[C@@H]2CCCO2)nn1. The van der Waals surface area contributed by atoms with Gasteiger partial charge in [0.25, 0.3) is 5.91 Å². The molecule has 0 radical (unpaired) electrons. The maximum absolute atomic E-state index is 13.2. The summed E-state index contributed by atoms with van der Waals surface area (Å²) in [6.45, 7) is 5.49. The van der Waals surface area contributed by atoms with Gasteiger partial charge in [0.1, 0.15) is 5.82 Å². The normalized spacial score (nSPS) is 16.3. The second kappa shape index (κ2) is 8.12. The molecule has 1 fully saturated rings. The number of benzene rings is 1. The van der Waals surface area contributed by atoms with Gasteiger partial charge in [0, 0.05) is 24.4 Å². The Kier molecular flexibility index (Phi) is 5.39. The van der Waals surface area contributed by atoms with Crippen molar-refractivity contribution in [1.29, 1.82) is 0 Å². The van der Waals surface area contributed by atoms with Crippen LogP contribution in [0.5, 0.6) is 0 Å². The van der Waals surface area contributed by atoms with Crippen LogP contribution in [0.2, 0.25) is 0 Å². The number of halogens is 1. The Hall–Kier alpha value is -3.07. The van der Waals surface area contributed by atoms with Crippen LogP contribution in [0.1, 0.15) is 40.3 Å². The van der Waals surface area contributed by atoms with Gasteiger partial charge < -0.3 is 10.1 Å². The molecular formula is C20H23FN6O2. The van der Waals surface area contributed by atoms with Crippen molar-refractivity contribution in [2.24, 2.45) is 0 Å². The van der Waals surface area contributed by atoms with Crippen molar-refractivity contribution < 1.29 is 13.9 Å². The number of hydrogen-bond acceptors (Lipinski definition) is 5. The average Bonchev–Trinajstić information content (AvgIpc) is 3.44. The Morgan fingerprint density at radius 2 is 2.10 bits per heavy atom. The molecule has 1 aliphatic rings. The fourth-order valence-electron chi connectivity index (χ4n) is 3.51. The number of nitrogens with zero attached hydrogens (tertiary/aromatic N) is 5. The molecule has 1 atom stereocenters. The molecule has 0 bridgehead atoms. The molecule has 3 aromatic rings. The number of aryl methyl sites for hydroxylation is 1. The summed E-state index contributed by atoms with van der Waals surface area (Å²) >= 11 is 0. The number of carbonyl (C=O) groups is 1. The number of ether oxygens (including phenoxy) is 1. The Labute approximate surface area is 167 Å². The zero-order valence-corrected chi connectivity index (χ0v) is 16.4. The number of carbonyl (C=O) groups excluding carboxylic acids is 1. The van der Waals surface area contributed by atoms with Gasteiger partial charge in [-0.1, -0.05) is 5.21 Å². The van der Waals surface area contributed by atoms with Gasteiger partial charge in [0.05, 0.1) is 30.2 Å². The highest BCUT2D eigenvalue weighted by atomic mass is 19.1. The largest absolute Gasteiger partial charge is 0.376 e. The summed E-state index contributed by atoms with van der Waals surface area (Å²) < 4.78 is 22.2. The molecule has 0 spiro atoms. The van der Waals surface area contributed by atoms with E-state index in [1.54, 1.807) is 27.7 Å². The van der Waals surface area contributed by atoms with Crippen molar-refractivity contribution in [1.82, 2.24) is 30.1 Å². The van der Waals surface area contributed by atoms with Crippen molar-refractivity contribution in [3.63, 3.8) is 0 Å². The molecule has 1 amide bonds. The minimum absolute atomic E-state index is 0.134. The number of rotatable bonds is 6. The number of hydrogen-bond donors (Lipinski definition) is 1. The van der Waals surface area contributed by atoms with E-state index in [4.69, 9.17) is 4.74 Å². The molecule has 0 unspecified atom stereocenters. The van der Waals surface area contributed by atoms with E-state index >= 15 is 0 Å². The molecule has 0 aliphatic carbocycles. The van der Waals surface area contributed by atoms with Crippen molar-refractivity contribution in [2.45, 2.75) is 45.9 Å². The van der Waals surface area contributed by atoms with Crippen LogP contribution >= 0.6 is 0 Å². The first-order chi connectivity index (χ1) is 14.0. The van der Waals surface area contributed by atoms with Crippen LogP contribution in [0.4, 0.5) is 4.39 Å². The third kappa shape index (κ3) is 4.19. The summed E-state index contributed by atoms with van der Waals surface area (Å²) in [5.41, 5.74) is 3.63. The van der Waals surface area contributed by atoms with Gasteiger partial charge in [0.15, 0.2) is 5.69 Å². The third-order valence-corrected chi connectivity index (χ3v) is 5.12. The summed E-state index contributed by atoms with van der Waals surface area (Å²) in [7, 11) is 0. The van der Waals surface area contributed by atoms with Crippen LogP contribution in [0.15, 0.2) is 30.5 Å². The Bertz CT molecular complexity index is 1000. The van der Waals surface area contributed by atoms with E-state index in [-0.39, 0.29) is 23.5 Å². The molecule has 4 rings (SSSR count). The minimum atomic E-state index is -0.296. The molecule has 3 heterocycles. The van der Waals surface area contributed by atoms with Gasteiger partial charge in [-0.3, -0.25) is 4.79 Å². The fraction of sp³-hybridized carbons (Fsp3) is 0.400. The van der Waals surface area contributed by atoms with Gasteiger partial charge in [0.2, 0.25) is 0 Å².